The van der Waals surface area contributed by atoms with Gasteiger partial charge in [-0.3, -0.25) is 0 Å². The highest BCUT2D eigenvalue weighted by Gasteiger charge is 2.12. The minimum atomic E-state index is -0.688. The molecule has 9 heavy (non-hydrogen) atoms. The highest BCUT2D eigenvalue weighted by atomic mass is 127. The molecule has 0 unspecified atom stereocenters. The highest BCUT2D eigenvalue weighted by Crippen LogP contribution is 1.94. The Bertz CT molecular complexity index is 97.8. The van der Waals surface area contributed by atoms with Crippen LogP contribution in [0.3, 0.4) is 0 Å². The summed E-state index contributed by atoms with van der Waals surface area (Å²) in [6.07, 6.45) is 0.252. The van der Waals surface area contributed by atoms with Gasteiger partial charge in [0.2, 0.25) is 0 Å². The highest BCUT2D eigenvalue weighted by molar-refractivity contribution is 14.1. The molecule has 0 spiro atoms. The molecule has 3 N–H and O–H groups in total. The summed E-state index contributed by atoms with van der Waals surface area (Å²) in [4.78, 5) is 10.4. The van der Waals surface area contributed by atoms with E-state index in [9.17, 15) is 4.79 Å². The summed E-state index contributed by atoms with van der Waals surface area (Å²) in [6.45, 7) is -0.0904. The number of aliphatic hydroxyl groups is 1. The van der Waals surface area contributed by atoms with Crippen molar-refractivity contribution in [3.05, 3.63) is 0 Å². The molecule has 5 heteroatoms. The maximum atomic E-state index is 10.4. The second-order valence-corrected chi connectivity index (χ2v) is 1.96. The molecule has 4 nitrogen and oxygen atoms in total. The van der Waals surface area contributed by atoms with Gasteiger partial charge < -0.3 is 13.9 Å². The SMILES string of the molecule is N[C@@H](CCO)C(=O)OI. The summed E-state index contributed by atoms with van der Waals surface area (Å²) in [6, 6.07) is -0.688. The molecule has 0 heterocycles. The second-order valence-electron chi connectivity index (χ2n) is 1.51. The smallest absolute Gasteiger partial charge is 0.332 e. The van der Waals surface area contributed by atoms with E-state index in [4.69, 9.17) is 10.8 Å². The Morgan fingerprint density at radius 1 is 1.89 bits per heavy atom. The molecule has 0 bridgehead atoms. The first-order valence-corrected chi connectivity index (χ1v) is 3.29. The van der Waals surface area contributed by atoms with Gasteiger partial charge in [0.1, 0.15) is 6.04 Å². The van der Waals surface area contributed by atoms with Gasteiger partial charge in [-0.15, -0.1) is 0 Å². The monoisotopic (exact) mass is 245 g/mol. The van der Waals surface area contributed by atoms with E-state index in [1.807, 2.05) is 0 Å². The Labute approximate surface area is 67.1 Å². The van der Waals surface area contributed by atoms with Crippen molar-refractivity contribution in [3.63, 3.8) is 0 Å². The van der Waals surface area contributed by atoms with Crippen LogP contribution >= 0.6 is 23.0 Å². The van der Waals surface area contributed by atoms with E-state index >= 15 is 0 Å². The van der Waals surface area contributed by atoms with Crippen molar-refractivity contribution in [1.82, 2.24) is 0 Å². The maximum absolute atomic E-state index is 10.4. The molecule has 0 aliphatic carbocycles. The fourth-order valence-corrected chi connectivity index (χ4v) is 0.641. The molecule has 0 rings (SSSR count). The maximum Gasteiger partial charge on any atom is 0.332 e. The normalized spacial score (nSPS) is 12.8. The average molecular weight is 245 g/mol. The van der Waals surface area contributed by atoms with E-state index in [0.717, 1.165) is 0 Å². The molecular formula is C4H8INO3. The number of carbonyl (C=O) groups excluding carboxylic acids is 1. The van der Waals surface area contributed by atoms with Gasteiger partial charge in [0.25, 0.3) is 0 Å². The zero-order valence-corrected chi connectivity index (χ0v) is 6.87. The van der Waals surface area contributed by atoms with E-state index in [-0.39, 0.29) is 13.0 Å². The van der Waals surface area contributed by atoms with Crippen LogP contribution < -0.4 is 5.73 Å². The van der Waals surface area contributed by atoms with Crippen LogP contribution in [0.5, 0.6) is 0 Å². The van der Waals surface area contributed by atoms with Crippen LogP contribution in [0.1, 0.15) is 6.42 Å². The Balaban J connectivity index is 3.45. The first-order valence-electron chi connectivity index (χ1n) is 2.41. The summed E-state index contributed by atoms with van der Waals surface area (Å²) in [5.74, 6) is -0.496. The molecule has 0 saturated carbocycles. The first kappa shape index (κ1) is 9.12. The first-order chi connectivity index (χ1) is 4.22. The van der Waals surface area contributed by atoms with E-state index in [1.54, 1.807) is 0 Å². The van der Waals surface area contributed by atoms with E-state index in [2.05, 4.69) is 3.07 Å². The fourth-order valence-electron chi connectivity index (χ4n) is 0.314. The van der Waals surface area contributed by atoms with Gasteiger partial charge in [-0.1, -0.05) is 0 Å². The third-order valence-corrected chi connectivity index (χ3v) is 1.25. The van der Waals surface area contributed by atoms with Gasteiger partial charge in [0.15, 0.2) is 23.0 Å². The lowest BCUT2D eigenvalue weighted by atomic mass is 10.2. The Kier molecular flexibility index (Phi) is 5.02. The van der Waals surface area contributed by atoms with Crippen LogP contribution in [0.2, 0.25) is 0 Å². The van der Waals surface area contributed by atoms with Gasteiger partial charge in [-0.25, -0.2) is 4.79 Å². The summed E-state index contributed by atoms with van der Waals surface area (Å²) in [7, 11) is 0. The van der Waals surface area contributed by atoms with E-state index < -0.39 is 12.0 Å². The van der Waals surface area contributed by atoms with Crippen LogP contribution in [0.4, 0.5) is 0 Å². The molecule has 0 aliphatic heterocycles. The topological polar surface area (TPSA) is 72.5 Å². The van der Waals surface area contributed by atoms with E-state index in [0.29, 0.717) is 0 Å². The van der Waals surface area contributed by atoms with Crippen LogP contribution in [-0.4, -0.2) is 23.7 Å². The lowest BCUT2D eigenvalue weighted by molar-refractivity contribution is -0.133. The predicted molar refractivity (Wildman–Crippen MR) is 39.8 cm³/mol. The summed E-state index contributed by atoms with van der Waals surface area (Å²) in [5, 5.41) is 8.29. The summed E-state index contributed by atoms with van der Waals surface area (Å²) >= 11 is 1.46. The van der Waals surface area contributed by atoms with Crippen molar-refractivity contribution in [2.24, 2.45) is 5.73 Å². The number of halogens is 1. The number of aliphatic hydroxyl groups excluding tert-OH is 1. The molecule has 0 saturated heterocycles. The fraction of sp³-hybridized carbons (Fsp3) is 0.750. The third-order valence-electron chi connectivity index (χ3n) is 0.819. The van der Waals surface area contributed by atoms with Crippen molar-refractivity contribution in [1.29, 1.82) is 0 Å². The third kappa shape index (κ3) is 3.66. The van der Waals surface area contributed by atoms with Crippen molar-refractivity contribution in [3.8, 4) is 0 Å². The van der Waals surface area contributed by atoms with Gasteiger partial charge in [-0.05, 0) is 6.42 Å². The molecule has 0 aromatic carbocycles. The molecule has 0 aliphatic rings. The standard InChI is InChI=1S/C4H8INO3/c5-9-4(8)3(6)1-2-7/h3,7H,1-2,6H2/t3-/m0/s1. The zero-order chi connectivity index (χ0) is 7.28. The van der Waals surface area contributed by atoms with Gasteiger partial charge in [0.05, 0.1) is 0 Å². The molecule has 54 valence electrons. The summed E-state index contributed by atoms with van der Waals surface area (Å²) < 4.78 is 4.26. The Morgan fingerprint density at radius 2 is 2.44 bits per heavy atom. The zero-order valence-electron chi connectivity index (χ0n) is 4.71. The van der Waals surface area contributed by atoms with Crippen molar-refractivity contribution in [2.75, 3.05) is 6.61 Å². The minimum Gasteiger partial charge on any atom is -0.396 e. The van der Waals surface area contributed by atoms with Gasteiger partial charge >= 0.3 is 5.97 Å². The van der Waals surface area contributed by atoms with Crippen LogP contribution in [-0.2, 0) is 7.86 Å². The number of rotatable bonds is 3. The molecule has 0 radical (unpaired) electrons. The Hall–Kier alpha value is 0.120. The van der Waals surface area contributed by atoms with Crippen molar-refractivity contribution < 1.29 is 13.0 Å². The minimum absolute atomic E-state index is 0.0904. The van der Waals surface area contributed by atoms with E-state index in [1.165, 1.54) is 23.0 Å². The number of carbonyl (C=O) groups is 1. The van der Waals surface area contributed by atoms with Crippen LogP contribution in [0.25, 0.3) is 0 Å². The van der Waals surface area contributed by atoms with Crippen LogP contribution in [0, 0.1) is 0 Å². The lowest BCUT2D eigenvalue weighted by Gasteiger charge is -2.03. The molecule has 0 aromatic rings. The largest absolute Gasteiger partial charge is 0.396 e. The molecule has 0 amide bonds. The summed E-state index contributed by atoms with van der Waals surface area (Å²) in [5.41, 5.74) is 5.20. The van der Waals surface area contributed by atoms with Gasteiger partial charge in [0, 0.05) is 6.61 Å². The molecule has 0 aromatic heterocycles. The molecular weight excluding hydrogens is 237 g/mol. The average Bonchev–Trinajstić information content (AvgIpc) is 1.87. The quantitative estimate of drug-likeness (QED) is 0.663. The number of hydrogen-bond acceptors (Lipinski definition) is 4. The van der Waals surface area contributed by atoms with Crippen molar-refractivity contribution in [2.45, 2.75) is 12.5 Å². The number of nitrogens with two attached hydrogens (primary N) is 1. The second kappa shape index (κ2) is 4.95. The molecule has 0 fully saturated rings. The molecule has 1 atom stereocenters. The van der Waals surface area contributed by atoms with Crippen LogP contribution in [0.15, 0.2) is 0 Å². The lowest BCUT2D eigenvalue weighted by Crippen LogP contribution is -2.31. The predicted octanol–water partition coefficient (Wildman–Crippen LogP) is -0.411. The van der Waals surface area contributed by atoms with Gasteiger partial charge in [-0.2, -0.15) is 0 Å². The number of hydrogen-bond donors (Lipinski definition) is 2. The Morgan fingerprint density at radius 3 is 2.78 bits per heavy atom. The van der Waals surface area contributed by atoms with Crippen molar-refractivity contribution >= 4 is 29.0 Å².